The number of benzene rings is 1. The molecule has 0 saturated heterocycles. The molecule has 132 valence electrons. The lowest BCUT2D eigenvalue weighted by atomic mass is 10.0. The van der Waals surface area contributed by atoms with E-state index in [9.17, 15) is 9.59 Å². The van der Waals surface area contributed by atoms with Crippen LogP contribution in [0.1, 0.15) is 5.69 Å². The maximum absolute atomic E-state index is 13.1. The summed E-state index contributed by atoms with van der Waals surface area (Å²) in [5.41, 5.74) is 1.38. The van der Waals surface area contributed by atoms with Crippen LogP contribution in [-0.4, -0.2) is 32.9 Å². The SMILES string of the molecule is Cc1cc(=O)[nH]c(SCC(=O)N2c3ccccc3S[C@H]3C=CC=C[C@H]32)n1. The summed E-state index contributed by atoms with van der Waals surface area (Å²) in [4.78, 5) is 34.6. The van der Waals surface area contributed by atoms with Gasteiger partial charge in [-0.25, -0.2) is 4.98 Å². The van der Waals surface area contributed by atoms with Crippen LogP contribution in [0.2, 0.25) is 0 Å². The van der Waals surface area contributed by atoms with Crippen molar-refractivity contribution in [3.05, 3.63) is 70.7 Å². The lowest BCUT2D eigenvalue weighted by Crippen LogP contribution is -2.48. The molecule has 5 nitrogen and oxygen atoms in total. The van der Waals surface area contributed by atoms with Crippen molar-refractivity contribution >= 4 is 35.1 Å². The average Bonchev–Trinajstić information content (AvgIpc) is 2.63. The third-order valence-corrected chi connectivity index (χ3v) is 6.36. The van der Waals surface area contributed by atoms with Crippen molar-refractivity contribution in [2.45, 2.75) is 28.3 Å². The summed E-state index contributed by atoms with van der Waals surface area (Å²) in [7, 11) is 0. The molecule has 1 aliphatic heterocycles. The molecule has 2 atom stereocenters. The second-order valence-corrected chi connectivity index (χ2v) is 8.24. The van der Waals surface area contributed by atoms with Crippen LogP contribution in [-0.2, 0) is 4.79 Å². The molecule has 2 heterocycles. The van der Waals surface area contributed by atoms with Crippen molar-refractivity contribution in [3.63, 3.8) is 0 Å². The molecular formula is C19H17N3O2S2. The number of hydrogen-bond acceptors (Lipinski definition) is 5. The topological polar surface area (TPSA) is 66.1 Å². The number of allylic oxidation sites excluding steroid dienone is 2. The van der Waals surface area contributed by atoms with Gasteiger partial charge in [-0.15, -0.1) is 11.8 Å². The summed E-state index contributed by atoms with van der Waals surface area (Å²) in [6.45, 7) is 1.77. The predicted molar refractivity (Wildman–Crippen MR) is 106 cm³/mol. The van der Waals surface area contributed by atoms with Gasteiger partial charge in [0.2, 0.25) is 5.91 Å². The van der Waals surface area contributed by atoms with Crippen LogP contribution in [0.3, 0.4) is 0 Å². The zero-order chi connectivity index (χ0) is 18.1. The van der Waals surface area contributed by atoms with Gasteiger partial charge in [-0.3, -0.25) is 9.59 Å². The predicted octanol–water partition coefficient (Wildman–Crippen LogP) is 3.17. The Morgan fingerprint density at radius 1 is 1.31 bits per heavy atom. The van der Waals surface area contributed by atoms with E-state index >= 15 is 0 Å². The quantitative estimate of drug-likeness (QED) is 0.651. The van der Waals surface area contributed by atoms with E-state index in [0.717, 1.165) is 10.6 Å². The Morgan fingerprint density at radius 3 is 2.96 bits per heavy atom. The van der Waals surface area contributed by atoms with E-state index in [-0.39, 0.29) is 28.5 Å². The molecule has 7 heteroatoms. The van der Waals surface area contributed by atoms with E-state index in [1.54, 1.807) is 18.7 Å². The van der Waals surface area contributed by atoms with Crippen LogP contribution >= 0.6 is 23.5 Å². The molecule has 0 fully saturated rings. The Balaban J connectivity index is 1.60. The number of amides is 1. The monoisotopic (exact) mass is 383 g/mol. The van der Waals surface area contributed by atoms with Crippen LogP contribution in [0.15, 0.2) is 69.5 Å². The molecule has 0 saturated carbocycles. The Morgan fingerprint density at radius 2 is 2.12 bits per heavy atom. The standard InChI is InChI=1S/C19H17N3O2S2/c1-12-10-17(23)21-19(20-12)25-11-18(24)22-13-6-2-4-8-15(13)26-16-9-5-3-7-14(16)22/h2-10,13,15H,11H2,1H3,(H,20,21,23)/t13-,15+/m1/s1. The number of rotatable bonds is 3. The van der Waals surface area contributed by atoms with Gasteiger partial charge < -0.3 is 9.88 Å². The molecule has 0 spiro atoms. The molecule has 1 aromatic carbocycles. The van der Waals surface area contributed by atoms with Crippen LogP contribution in [0.5, 0.6) is 0 Å². The van der Waals surface area contributed by atoms with Gasteiger partial charge in [0, 0.05) is 16.7 Å². The molecule has 1 amide bonds. The first-order chi connectivity index (χ1) is 12.6. The number of aromatic amines is 1. The number of carbonyl (C=O) groups is 1. The van der Waals surface area contributed by atoms with Crippen LogP contribution in [0, 0.1) is 6.92 Å². The molecule has 2 aromatic rings. The van der Waals surface area contributed by atoms with Gasteiger partial charge in [-0.1, -0.05) is 48.2 Å². The normalized spacial score (nSPS) is 20.6. The summed E-state index contributed by atoms with van der Waals surface area (Å²) < 4.78 is 0. The second kappa shape index (κ2) is 7.17. The van der Waals surface area contributed by atoms with E-state index in [0.29, 0.717) is 10.9 Å². The lowest BCUT2D eigenvalue weighted by molar-refractivity contribution is -0.116. The fourth-order valence-electron chi connectivity index (χ4n) is 3.10. The number of nitrogens with one attached hydrogen (secondary N) is 1. The highest BCUT2D eigenvalue weighted by Crippen LogP contribution is 2.43. The number of aromatic nitrogens is 2. The van der Waals surface area contributed by atoms with Gasteiger partial charge in [0.25, 0.3) is 5.56 Å². The highest BCUT2D eigenvalue weighted by Gasteiger charge is 2.36. The number of fused-ring (bicyclic) bond motifs is 2. The van der Waals surface area contributed by atoms with E-state index in [1.807, 2.05) is 35.3 Å². The fourth-order valence-corrected chi connectivity index (χ4v) is 5.14. The Labute approximate surface area is 159 Å². The molecule has 2 aliphatic rings. The van der Waals surface area contributed by atoms with Crippen molar-refractivity contribution in [1.29, 1.82) is 0 Å². The highest BCUT2D eigenvalue weighted by molar-refractivity contribution is 8.00. The molecule has 26 heavy (non-hydrogen) atoms. The van der Waals surface area contributed by atoms with Crippen molar-refractivity contribution in [3.8, 4) is 0 Å². The van der Waals surface area contributed by atoms with Crippen molar-refractivity contribution in [1.82, 2.24) is 9.97 Å². The minimum Gasteiger partial charge on any atom is -0.302 e. The lowest BCUT2D eigenvalue weighted by Gasteiger charge is -2.40. The largest absolute Gasteiger partial charge is 0.302 e. The van der Waals surface area contributed by atoms with E-state index < -0.39 is 0 Å². The molecule has 1 aromatic heterocycles. The molecule has 0 radical (unpaired) electrons. The van der Waals surface area contributed by atoms with Gasteiger partial charge >= 0.3 is 0 Å². The number of hydrogen-bond donors (Lipinski definition) is 1. The van der Waals surface area contributed by atoms with Crippen molar-refractivity contribution in [2.24, 2.45) is 0 Å². The zero-order valence-corrected chi connectivity index (χ0v) is 15.7. The number of para-hydroxylation sites is 1. The first-order valence-electron chi connectivity index (χ1n) is 8.25. The van der Waals surface area contributed by atoms with Gasteiger partial charge in [0.15, 0.2) is 5.16 Å². The van der Waals surface area contributed by atoms with Crippen molar-refractivity contribution < 1.29 is 4.79 Å². The Hall–Kier alpha value is -2.25. The second-order valence-electron chi connectivity index (χ2n) is 6.05. The maximum atomic E-state index is 13.1. The Bertz CT molecular complexity index is 967. The molecule has 0 unspecified atom stereocenters. The molecule has 0 bridgehead atoms. The van der Waals surface area contributed by atoms with E-state index in [2.05, 4.69) is 28.2 Å². The summed E-state index contributed by atoms with van der Waals surface area (Å²) in [5, 5.41) is 0.680. The summed E-state index contributed by atoms with van der Waals surface area (Å²) in [5.74, 6) is 0.216. The van der Waals surface area contributed by atoms with Crippen LogP contribution in [0.4, 0.5) is 5.69 Å². The molecule has 1 N–H and O–H groups in total. The third kappa shape index (κ3) is 3.37. The minimum absolute atomic E-state index is 0.00172. The maximum Gasteiger partial charge on any atom is 0.251 e. The van der Waals surface area contributed by atoms with Crippen molar-refractivity contribution in [2.75, 3.05) is 10.7 Å². The van der Waals surface area contributed by atoms with E-state index in [4.69, 9.17) is 0 Å². The third-order valence-electron chi connectivity index (χ3n) is 4.19. The Kier molecular flexibility index (Phi) is 4.74. The van der Waals surface area contributed by atoms with E-state index in [1.165, 1.54) is 17.8 Å². The molecule has 4 rings (SSSR count). The summed E-state index contributed by atoms with van der Waals surface area (Å²) >= 11 is 3.04. The number of nitrogens with zero attached hydrogens (tertiary/aromatic N) is 2. The zero-order valence-electron chi connectivity index (χ0n) is 14.1. The molecular weight excluding hydrogens is 366 g/mol. The van der Waals surface area contributed by atoms with Gasteiger partial charge in [0.1, 0.15) is 0 Å². The number of H-pyrrole nitrogens is 1. The van der Waals surface area contributed by atoms with Gasteiger partial charge in [-0.05, 0) is 19.1 Å². The first kappa shape index (κ1) is 17.2. The first-order valence-corrected chi connectivity index (χ1v) is 10.1. The smallest absolute Gasteiger partial charge is 0.251 e. The highest BCUT2D eigenvalue weighted by atomic mass is 32.2. The number of thioether (sulfide) groups is 2. The number of carbonyl (C=O) groups excluding carboxylic acids is 1. The fraction of sp³-hybridized carbons (Fsp3) is 0.211. The van der Waals surface area contributed by atoms with Crippen LogP contribution in [0.25, 0.3) is 0 Å². The number of anilines is 1. The summed E-state index contributed by atoms with van der Waals surface area (Å²) in [6.07, 6.45) is 8.23. The average molecular weight is 383 g/mol. The van der Waals surface area contributed by atoms with Gasteiger partial charge in [-0.2, -0.15) is 0 Å². The summed E-state index contributed by atoms with van der Waals surface area (Å²) in [6, 6.07) is 9.42. The minimum atomic E-state index is -0.201. The van der Waals surface area contributed by atoms with Crippen LogP contribution < -0.4 is 10.5 Å². The number of aryl methyl sites for hydroxylation is 1. The van der Waals surface area contributed by atoms with Gasteiger partial charge in [0.05, 0.1) is 22.7 Å². The molecule has 1 aliphatic carbocycles.